The number of ether oxygens (including phenoxy) is 1. The first-order valence-electron chi connectivity index (χ1n) is 4.74. The molecule has 0 aliphatic carbocycles. The van der Waals surface area contributed by atoms with Gasteiger partial charge in [0.2, 0.25) is 0 Å². The van der Waals surface area contributed by atoms with Crippen molar-refractivity contribution in [2.45, 2.75) is 19.5 Å². The molecule has 0 heterocycles. The van der Waals surface area contributed by atoms with Gasteiger partial charge in [-0.2, -0.15) is 0 Å². The second-order valence-corrected chi connectivity index (χ2v) is 3.84. The maximum atomic E-state index is 13.7. The summed E-state index contributed by atoms with van der Waals surface area (Å²) in [5, 5.41) is 9.22. The second kappa shape index (κ2) is 4.81. The van der Waals surface area contributed by atoms with E-state index in [1.165, 1.54) is 13.0 Å². The van der Waals surface area contributed by atoms with Crippen molar-refractivity contribution in [2.24, 2.45) is 0 Å². The summed E-state index contributed by atoms with van der Waals surface area (Å²) in [6.45, 7) is 3.08. The molecule has 84 valence electrons. The second-order valence-electron chi connectivity index (χ2n) is 3.43. The Balaban J connectivity index is 3.01. The van der Waals surface area contributed by atoms with Gasteiger partial charge in [0.25, 0.3) is 0 Å². The molecule has 0 aromatic heterocycles. The number of benzene rings is 1. The van der Waals surface area contributed by atoms with Crippen molar-refractivity contribution in [3.63, 3.8) is 0 Å². The third kappa shape index (κ3) is 2.83. The molecule has 2 nitrogen and oxygen atoms in total. The fraction of sp³-hybridized carbons (Fsp3) is 0.455. The monoisotopic (exact) mass is 232 g/mol. The summed E-state index contributed by atoms with van der Waals surface area (Å²) in [7, 11) is 0. The van der Waals surface area contributed by atoms with Crippen molar-refractivity contribution in [1.29, 1.82) is 0 Å². The summed E-state index contributed by atoms with van der Waals surface area (Å²) >= 11 is 5.90. The topological polar surface area (TPSA) is 29.5 Å². The Morgan fingerprint density at radius 1 is 1.53 bits per heavy atom. The minimum atomic E-state index is -1.77. The molecular formula is C11H14ClFO2. The standard InChI is InChI=1S/C11H14ClFO2/c1-3-15-10-5-4-8(6-9(10)12)11(2,13)7-14/h4-6,14H,3,7H2,1-2H3. The fourth-order valence-electron chi connectivity index (χ4n) is 1.19. The van der Waals surface area contributed by atoms with Gasteiger partial charge in [0.05, 0.1) is 18.2 Å². The number of alkyl halides is 1. The highest BCUT2D eigenvalue weighted by molar-refractivity contribution is 6.32. The van der Waals surface area contributed by atoms with E-state index < -0.39 is 12.3 Å². The van der Waals surface area contributed by atoms with Crippen molar-refractivity contribution in [3.8, 4) is 5.75 Å². The number of aliphatic hydroxyl groups excluding tert-OH is 1. The highest BCUT2D eigenvalue weighted by Crippen LogP contribution is 2.32. The van der Waals surface area contributed by atoms with Crippen LogP contribution in [0.5, 0.6) is 5.75 Å². The van der Waals surface area contributed by atoms with Gasteiger partial charge in [-0.25, -0.2) is 4.39 Å². The van der Waals surface area contributed by atoms with Crippen LogP contribution in [-0.4, -0.2) is 18.3 Å². The number of rotatable bonds is 4. The highest BCUT2D eigenvalue weighted by Gasteiger charge is 2.25. The van der Waals surface area contributed by atoms with Crippen LogP contribution in [0.1, 0.15) is 19.4 Å². The van der Waals surface area contributed by atoms with E-state index >= 15 is 0 Å². The van der Waals surface area contributed by atoms with E-state index in [0.717, 1.165) is 0 Å². The number of hydrogen-bond acceptors (Lipinski definition) is 2. The summed E-state index contributed by atoms with van der Waals surface area (Å²) < 4.78 is 18.9. The third-order valence-electron chi connectivity index (χ3n) is 2.13. The quantitative estimate of drug-likeness (QED) is 0.865. The van der Waals surface area contributed by atoms with Crippen LogP contribution in [0.4, 0.5) is 4.39 Å². The Hall–Kier alpha value is -0.800. The molecule has 1 aromatic carbocycles. The van der Waals surface area contributed by atoms with Gasteiger partial charge in [-0.3, -0.25) is 0 Å². The molecule has 0 saturated carbocycles. The molecule has 1 unspecified atom stereocenters. The van der Waals surface area contributed by atoms with Gasteiger partial charge in [-0.05, 0) is 31.5 Å². The maximum Gasteiger partial charge on any atom is 0.156 e. The first-order chi connectivity index (χ1) is 7.01. The molecule has 0 spiro atoms. The molecule has 0 fully saturated rings. The zero-order valence-corrected chi connectivity index (χ0v) is 9.51. The predicted molar refractivity (Wildman–Crippen MR) is 58.2 cm³/mol. The lowest BCUT2D eigenvalue weighted by molar-refractivity contribution is 0.0867. The lowest BCUT2D eigenvalue weighted by atomic mass is 9.99. The van der Waals surface area contributed by atoms with E-state index in [-0.39, 0.29) is 0 Å². The molecule has 4 heteroatoms. The van der Waals surface area contributed by atoms with Gasteiger partial charge >= 0.3 is 0 Å². The van der Waals surface area contributed by atoms with E-state index in [9.17, 15) is 4.39 Å². The Labute approximate surface area is 93.6 Å². The fourth-order valence-corrected chi connectivity index (χ4v) is 1.42. The Kier molecular flexibility index (Phi) is 3.94. The molecule has 0 bridgehead atoms. The third-order valence-corrected chi connectivity index (χ3v) is 2.43. The zero-order valence-electron chi connectivity index (χ0n) is 8.76. The van der Waals surface area contributed by atoms with E-state index in [1.807, 2.05) is 6.92 Å². The van der Waals surface area contributed by atoms with Crippen LogP contribution in [-0.2, 0) is 5.67 Å². The zero-order chi connectivity index (χ0) is 11.5. The van der Waals surface area contributed by atoms with Crippen molar-refractivity contribution >= 4 is 11.6 Å². The molecule has 1 atom stereocenters. The lowest BCUT2D eigenvalue weighted by Gasteiger charge is -2.18. The largest absolute Gasteiger partial charge is 0.492 e. The molecule has 0 radical (unpaired) electrons. The number of halogens is 2. The first-order valence-corrected chi connectivity index (χ1v) is 5.11. The number of hydrogen-bond donors (Lipinski definition) is 1. The van der Waals surface area contributed by atoms with Crippen molar-refractivity contribution < 1.29 is 14.2 Å². The summed E-state index contributed by atoms with van der Waals surface area (Å²) in [5.41, 5.74) is -1.42. The van der Waals surface area contributed by atoms with Crippen molar-refractivity contribution in [3.05, 3.63) is 28.8 Å². The van der Waals surface area contributed by atoms with Gasteiger partial charge < -0.3 is 9.84 Å². The van der Waals surface area contributed by atoms with Crippen LogP contribution in [0.25, 0.3) is 0 Å². The van der Waals surface area contributed by atoms with E-state index in [2.05, 4.69) is 0 Å². The average Bonchev–Trinajstić information content (AvgIpc) is 2.21. The Bertz CT molecular complexity index is 339. The van der Waals surface area contributed by atoms with E-state index in [1.54, 1.807) is 12.1 Å². The predicted octanol–water partition coefficient (Wildman–Crippen LogP) is 2.92. The molecule has 1 rings (SSSR count). The molecule has 0 saturated heterocycles. The van der Waals surface area contributed by atoms with Gasteiger partial charge in [0.1, 0.15) is 5.75 Å². The summed E-state index contributed by atoms with van der Waals surface area (Å²) in [6, 6.07) is 4.64. The number of aliphatic hydroxyl groups is 1. The minimum absolute atomic E-state index is 0.346. The lowest BCUT2D eigenvalue weighted by Crippen LogP contribution is -2.20. The summed E-state index contributed by atoms with van der Waals surface area (Å²) in [6.07, 6.45) is 0. The van der Waals surface area contributed by atoms with Gasteiger partial charge in [0.15, 0.2) is 5.67 Å². The maximum absolute atomic E-state index is 13.7. The first kappa shape index (κ1) is 12.3. The molecule has 1 aromatic rings. The van der Waals surface area contributed by atoms with E-state index in [4.69, 9.17) is 21.4 Å². The van der Waals surface area contributed by atoms with Crippen LogP contribution in [0.2, 0.25) is 5.02 Å². The van der Waals surface area contributed by atoms with Crippen LogP contribution >= 0.6 is 11.6 Å². The Morgan fingerprint density at radius 3 is 2.67 bits per heavy atom. The highest BCUT2D eigenvalue weighted by atomic mass is 35.5. The van der Waals surface area contributed by atoms with Crippen molar-refractivity contribution in [1.82, 2.24) is 0 Å². The van der Waals surface area contributed by atoms with Crippen LogP contribution < -0.4 is 4.74 Å². The molecule has 1 N–H and O–H groups in total. The smallest absolute Gasteiger partial charge is 0.156 e. The molecule has 0 aliphatic rings. The van der Waals surface area contributed by atoms with Gasteiger partial charge in [-0.1, -0.05) is 17.7 Å². The van der Waals surface area contributed by atoms with Crippen LogP contribution in [0, 0.1) is 0 Å². The molecule has 0 aliphatic heterocycles. The van der Waals surface area contributed by atoms with Crippen LogP contribution in [0.3, 0.4) is 0 Å². The summed E-state index contributed by atoms with van der Waals surface area (Å²) in [5.74, 6) is 0.525. The van der Waals surface area contributed by atoms with Gasteiger partial charge in [0, 0.05) is 0 Å². The van der Waals surface area contributed by atoms with Crippen LogP contribution in [0.15, 0.2) is 18.2 Å². The van der Waals surface area contributed by atoms with E-state index in [0.29, 0.717) is 22.9 Å². The summed E-state index contributed by atoms with van der Waals surface area (Å²) in [4.78, 5) is 0. The normalized spacial score (nSPS) is 14.7. The molecular weight excluding hydrogens is 219 g/mol. The minimum Gasteiger partial charge on any atom is -0.492 e. The molecule has 15 heavy (non-hydrogen) atoms. The Morgan fingerprint density at radius 2 is 2.20 bits per heavy atom. The molecule has 0 amide bonds. The SMILES string of the molecule is CCOc1ccc(C(C)(F)CO)cc1Cl. The van der Waals surface area contributed by atoms with Crippen molar-refractivity contribution in [2.75, 3.05) is 13.2 Å². The van der Waals surface area contributed by atoms with Gasteiger partial charge in [-0.15, -0.1) is 0 Å². The average molecular weight is 233 g/mol.